The van der Waals surface area contributed by atoms with E-state index >= 15 is 0 Å². The molecule has 9 heteroatoms. The van der Waals surface area contributed by atoms with Crippen LogP contribution in [0.5, 0.6) is 0 Å². The van der Waals surface area contributed by atoms with Gasteiger partial charge >= 0.3 is 0 Å². The number of aryl methyl sites for hydroxylation is 2. The molecule has 0 amide bonds. The van der Waals surface area contributed by atoms with Crippen molar-refractivity contribution in [3.8, 4) is 0 Å². The normalized spacial score (nSPS) is 21.7. The number of imidazole rings is 3. The molecule has 3 aromatic heterocycles. The molecule has 6 heterocycles. The van der Waals surface area contributed by atoms with Gasteiger partial charge in [0, 0.05) is 0 Å². The van der Waals surface area contributed by atoms with Crippen LogP contribution in [0.3, 0.4) is 0 Å². The Labute approximate surface area is 236 Å². The van der Waals surface area contributed by atoms with Crippen molar-refractivity contribution in [1.82, 2.24) is 13.7 Å². The fourth-order valence-electron chi connectivity index (χ4n) is 4.43. The Morgan fingerprint density at radius 3 is 1.44 bits per heavy atom. The summed E-state index contributed by atoms with van der Waals surface area (Å²) in [7, 11) is 0. The number of rotatable bonds is 13. The lowest BCUT2D eigenvalue weighted by Gasteiger charge is -1.97. The second kappa shape index (κ2) is 15.3. The standard InChI is InChI=1S/C17H26N4O.C9H13N2O2.CH4.3CH3/c1(5-18-7-9-20(14-18)11-16-3-4-16)2-6-19-8-10-21(15-19)12-17-13-22-17;1-2-11(4-9-6-13-9)7-10(1)3-8-5-12-8;;;;/h7-10,14-17H,1-6,11-13H2;1-2,7-9H,3-6H2;1H4;3*1H3/q+2;+1;;3*-1. The van der Waals surface area contributed by atoms with Crippen molar-refractivity contribution in [3.05, 3.63) is 78.4 Å². The molecule has 220 valence electrons. The van der Waals surface area contributed by atoms with E-state index in [2.05, 4.69) is 83.6 Å². The highest BCUT2D eigenvalue weighted by Gasteiger charge is 2.28. The first-order valence-electron chi connectivity index (χ1n) is 13.2. The molecular formula is C30H52N6O3. The molecule has 39 heavy (non-hydrogen) atoms. The molecule has 4 fully saturated rings. The van der Waals surface area contributed by atoms with Crippen LogP contribution in [-0.2, 0) is 53.5 Å². The molecule has 1 saturated carbocycles. The molecule has 9 nitrogen and oxygen atoms in total. The summed E-state index contributed by atoms with van der Waals surface area (Å²) in [6, 6.07) is 0. The summed E-state index contributed by atoms with van der Waals surface area (Å²) in [6.45, 7) is 9.16. The van der Waals surface area contributed by atoms with Gasteiger partial charge in [0.15, 0.2) is 0 Å². The molecule has 7 rings (SSSR count). The average molecular weight is 545 g/mol. The second-order valence-corrected chi connectivity index (χ2v) is 10.5. The molecule has 3 aromatic rings. The van der Waals surface area contributed by atoms with Crippen molar-refractivity contribution in [2.75, 3.05) is 19.8 Å². The number of hydrogen-bond donors (Lipinski definition) is 0. The third-order valence-corrected chi connectivity index (χ3v) is 6.94. The Morgan fingerprint density at radius 1 is 0.590 bits per heavy atom. The van der Waals surface area contributed by atoms with Crippen LogP contribution >= 0.6 is 0 Å². The first kappa shape index (κ1) is 32.7. The maximum absolute atomic E-state index is 5.26. The van der Waals surface area contributed by atoms with E-state index in [-0.39, 0.29) is 29.7 Å². The molecular weight excluding hydrogens is 492 g/mol. The highest BCUT2D eigenvalue weighted by Crippen LogP contribution is 2.28. The summed E-state index contributed by atoms with van der Waals surface area (Å²) in [5.41, 5.74) is 0. The van der Waals surface area contributed by atoms with Gasteiger partial charge in [-0.25, -0.2) is 27.4 Å². The number of ether oxygens (including phenoxy) is 3. The average Bonchev–Trinajstić information content (AvgIpc) is 3.65. The van der Waals surface area contributed by atoms with Crippen molar-refractivity contribution in [1.29, 1.82) is 0 Å². The Bertz CT molecular complexity index is 993. The van der Waals surface area contributed by atoms with Gasteiger partial charge in [-0.3, -0.25) is 0 Å². The zero-order valence-electron chi connectivity index (χ0n) is 23.6. The Morgan fingerprint density at radius 2 is 1.00 bits per heavy atom. The minimum atomic E-state index is 0. The minimum absolute atomic E-state index is 0. The van der Waals surface area contributed by atoms with E-state index in [0.29, 0.717) is 18.3 Å². The maximum atomic E-state index is 5.26. The lowest BCUT2D eigenvalue weighted by atomic mass is 10.3. The molecule has 3 aliphatic heterocycles. The Balaban J connectivity index is 0.000000273. The van der Waals surface area contributed by atoms with Gasteiger partial charge < -0.3 is 36.5 Å². The number of hydrogen-bond acceptors (Lipinski definition) is 3. The Kier molecular flexibility index (Phi) is 12.9. The monoisotopic (exact) mass is 544 g/mol. The highest BCUT2D eigenvalue weighted by molar-refractivity contribution is 4.76. The fourth-order valence-corrected chi connectivity index (χ4v) is 4.43. The van der Waals surface area contributed by atoms with E-state index in [4.69, 9.17) is 14.2 Å². The maximum Gasteiger partial charge on any atom is 0.243 e. The molecule has 0 bridgehead atoms. The van der Waals surface area contributed by atoms with Crippen LogP contribution in [-0.4, -0.2) is 51.8 Å². The van der Waals surface area contributed by atoms with Crippen molar-refractivity contribution >= 4 is 0 Å². The quantitative estimate of drug-likeness (QED) is 0.144. The van der Waals surface area contributed by atoms with Crippen LogP contribution in [0.1, 0.15) is 33.1 Å². The van der Waals surface area contributed by atoms with Gasteiger partial charge in [-0.15, -0.1) is 0 Å². The largest absolute Gasteiger partial charge is 0.369 e. The number of aromatic nitrogens is 6. The third kappa shape index (κ3) is 11.3. The van der Waals surface area contributed by atoms with Gasteiger partial charge in [-0.05, 0) is 31.6 Å². The highest BCUT2D eigenvalue weighted by atomic mass is 16.6. The summed E-state index contributed by atoms with van der Waals surface area (Å²) in [6.07, 6.45) is 26.1. The van der Waals surface area contributed by atoms with Crippen LogP contribution < -0.4 is 13.7 Å². The second-order valence-electron chi connectivity index (χ2n) is 10.5. The number of nitrogens with zero attached hydrogens (tertiary/aromatic N) is 6. The van der Waals surface area contributed by atoms with Crippen LogP contribution in [0.15, 0.2) is 56.2 Å². The molecule has 3 atom stereocenters. The van der Waals surface area contributed by atoms with Gasteiger partial charge in [0.1, 0.15) is 75.1 Å². The molecule has 4 aliphatic rings. The van der Waals surface area contributed by atoms with E-state index < -0.39 is 0 Å². The fraction of sp³-hybridized carbons (Fsp3) is 0.600. The van der Waals surface area contributed by atoms with Crippen molar-refractivity contribution in [2.45, 2.75) is 90.7 Å². The van der Waals surface area contributed by atoms with E-state index in [1.54, 1.807) is 0 Å². The predicted octanol–water partition coefficient (Wildman–Crippen LogP) is 2.71. The van der Waals surface area contributed by atoms with E-state index in [0.717, 1.165) is 58.5 Å². The molecule has 0 aromatic carbocycles. The molecule has 0 radical (unpaired) electrons. The smallest absolute Gasteiger partial charge is 0.243 e. The van der Waals surface area contributed by atoms with Crippen molar-refractivity contribution in [3.63, 3.8) is 0 Å². The summed E-state index contributed by atoms with van der Waals surface area (Å²) < 4.78 is 29.1. The van der Waals surface area contributed by atoms with Crippen molar-refractivity contribution in [2.24, 2.45) is 5.92 Å². The topological polar surface area (TPSA) is 64.0 Å². The van der Waals surface area contributed by atoms with Gasteiger partial charge in [-0.1, -0.05) is 7.43 Å². The van der Waals surface area contributed by atoms with Crippen molar-refractivity contribution < 1.29 is 27.9 Å². The summed E-state index contributed by atoms with van der Waals surface area (Å²) in [5.74, 6) is 0.947. The Hall–Kier alpha value is -2.49. The molecule has 1 aliphatic carbocycles. The van der Waals surface area contributed by atoms with Crippen LogP contribution in [0, 0.1) is 28.2 Å². The minimum Gasteiger partial charge on any atom is -0.369 e. The van der Waals surface area contributed by atoms with E-state index in [1.807, 2.05) is 0 Å². The lowest BCUT2D eigenvalue weighted by Crippen LogP contribution is -2.34. The zero-order valence-corrected chi connectivity index (χ0v) is 23.6. The molecule has 0 N–H and O–H groups in total. The van der Waals surface area contributed by atoms with Gasteiger partial charge in [0.25, 0.3) is 0 Å². The summed E-state index contributed by atoms with van der Waals surface area (Å²) >= 11 is 0. The van der Waals surface area contributed by atoms with Gasteiger partial charge in [0.05, 0.1) is 39.5 Å². The van der Waals surface area contributed by atoms with Crippen LogP contribution in [0.25, 0.3) is 0 Å². The lowest BCUT2D eigenvalue weighted by molar-refractivity contribution is -0.699. The number of unbranched alkanes of at least 4 members (excludes halogenated alkanes) is 1. The molecule has 3 unspecified atom stereocenters. The van der Waals surface area contributed by atoms with Gasteiger partial charge in [0.2, 0.25) is 19.0 Å². The summed E-state index contributed by atoms with van der Waals surface area (Å²) in [5, 5.41) is 0. The molecule has 3 saturated heterocycles. The number of epoxide rings is 3. The first-order chi connectivity index (χ1) is 17.2. The third-order valence-electron chi connectivity index (χ3n) is 6.94. The van der Waals surface area contributed by atoms with Crippen LogP contribution in [0.4, 0.5) is 0 Å². The van der Waals surface area contributed by atoms with Gasteiger partial charge in [-0.2, -0.15) is 0 Å². The predicted molar refractivity (Wildman–Crippen MR) is 151 cm³/mol. The zero-order chi connectivity index (χ0) is 23.5. The first-order valence-corrected chi connectivity index (χ1v) is 13.2. The molecule has 0 spiro atoms. The SMILES string of the molecule is C.[CH3-].[CH3-].[CH3-].c1c[n+](CC2CC2)cn1CCCCn1cc[n+](CC2CO2)c1.c1c[n+](CC2CO2)cn1CC1CO1. The summed E-state index contributed by atoms with van der Waals surface area (Å²) in [4.78, 5) is 0. The van der Waals surface area contributed by atoms with E-state index in [9.17, 15) is 0 Å². The van der Waals surface area contributed by atoms with Crippen LogP contribution in [0.2, 0.25) is 0 Å². The van der Waals surface area contributed by atoms with E-state index in [1.165, 1.54) is 32.2 Å².